The number of nitrogens with zero attached hydrogens (tertiary/aromatic N) is 2. The molecular weight excluding hydrogens is 452 g/mol. The fraction of sp³-hybridized carbons (Fsp3) is 0.190. The molecular formula is C21H20N4O5S2. The highest BCUT2D eigenvalue weighted by Gasteiger charge is 2.25. The highest BCUT2D eigenvalue weighted by Crippen LogP contribution is 2.37. The van der Waals surface area contributed by atoms with Gasteiger partial charge in [0, 0.05) is 30.1 Å². The maximum atomic E-state index is 12.7. The van der Waals surface area contributed by atoms with Crippen molar-refractivity contribution in [2.75, 3.05) is 28.1 Å². The molecule has 3 aromatic rings. The average molecular weight is 473 g/mol. The van der Waals surface area contributed by atoms with Crippen LogP contribution in [0, 0.1) is 0 Å². The zero-order chi connectivity index (χ0) is 22.9. The first-order valence-corrected chi connectivity index (χ1v) is 12.1. The third-order valence-electron chi connectivity index (χ3n) is 4.72. The largest absolute Gasteiger partial charge is 0.482 e. The van der Waals surface area contributed by atoms with Crippen LogP contribution in [-0.2, 0) is 19.6 Å². The number of benzene rings is 2. The summed E-state index contributed by atoms with van der Waals surface area (Å²) in [7, 11) is -3.85. The van der Waals surface area contributed by atoms with Crippen LogP contribution in [0.15, 0.2) is 52.7 Å². The second kappa shape index (κ2) is 8.60. The summed E-state index contributed by atoms with van der Waals surface area (Å²) in [6, 6.07) is 11.2. The van der Waals surface area contributed by atoms with Gasteiger partial charge in [-0.25, -0.2) is 13.4 Å². The van der Waals surface area contributed by atoms with Gasteiger partial charge in [-0.1, -0.05) is 0 Å². The minimum atomic E-state index is -3.85. The fourth-order valence-electron chi connectivity index (χ4n) is 3.26. The molecule has 0 atom stereocenters. The smallest absolute Gasteiger partial charge is 0.265 e. The average Bonchev–Trinajstić information content (AvgIpc) is 3.21. The van der Waals surface area contributed by atoms with Gasteiger partial charge >= 0.3 is 0 Å². The number of likely N-dealkylation sites (N-methyl/N-ethyl adjacent to an activating group) is 1. The third kappa shape index (κ3) is 4.43. The van der Waals surface area contributed by atoms with Gasteiger partial charge in [-0.15, -0.1) is 11.3 Å². The molecule has 1 aliphatic rings. The van der Waals surface area contributed by atoms with Crippen molar-refractivity contribution in [3.8, 4) is 17.0 Å². The van der Waals surface area contributed by atoms with Gasteiger partial charge < -0.3 is 15.0 Å². The molecule has 0 bridgehead atoms. The number of fused-ring (bicyclic) bond motifs is 1. The molecule has 2 amide bonds. The highest BCUT2D eigenvalue weighted by molar-refractivity contribution is 7.93. The molecule has 2 heterocycles. The van der Waals surface area contributed by atoms with E-state index in [0.717, 1.165) is 16.9 Å². The predicted molar refractivity (Wildman–Crippen MR) is 123 cm³/mol. The quantitative estimate of drug-likeness (QED) is 0.568. The SMILES string of the molecule is CCN1C(=O)COc2ccc(-c3csc(NS(=O)(=O)c4ccc(NC(C)=O)cc4)n3)cc21. The molecule has 2 aromatic carbocycles. The van der Waals surface area contributed by atoms with Crippen molar-refractivity contribution in [3.05, 3.63) is 47.8 Å². The Bertz CT molecular complexity index is 1290. The Morgan fingerprint density at radius 1 is 1.22 bits per heavy atom. The van der Waals surface area contributed by atoms with E-state index in [0.29, 0.717) is 29.4 Å². The molecule has 1 aromatic heterocycles. The van der Waals surface area contributed by atoms with Crippen molar-refractivity contribution in [1.82, 2.24) is 4.98 Å². The number of thiazole rings is 1. The predicted octanol–water partition coefficient (Wildman–Crippen LogP) is 3.31. The van der Waals surface area contributed by atoms with Crippen LogP contribution in [0.5, 0.6) is 5.75 Å². The van der Waals surface area contributed by atoms with E-state index in [4.69, 9.17) is 4.74 Å². The summed E-state index contributed by atoms with van der Waals surface area (Å²) in [5.74, 6) is 0.261. The van der Waals surface area contributed by atoms with E-state index in [9.17, 15) is 18.0 Å². The fourth-order valence-corrected chi connectivity index (χ4v) is 5.23. The summed E-state index contributed by atoms with van der Waals surface area (Å²) in [6.07, 6.45) is 0. The maximum Gasteiger partial charge on any atom is 0.265 e. The zero-order valence-corrected chi connectivity index (χ0v) is 18.9. The number of aromatic nitrogens is 1. The van der Waals surface area contributed by atoms with Gasteiger partial charge in [0.1, 0.15) is 5.75 Å². The number of carbonyl (C=O) groups excluding carboxylic acids is 2. The van der Waals surface area contributed by atoms with Crippen molar-refractivity contribution in [2.45, 2.75) is 18.7 Å². The van der Waals surface area contributed by atoms with Crippen LogP contribution in [0.1, 0.15) is 13.8 Å². The Hall–Kier alpha value is -3.44. The molecule has 1 aliphatic heterocycles. The van der Waals surface area contributed by atoms with Crippen LogP contribution in [0.2, 0.25) is 0 Å². The van der Waals surface area contributed by atoms with Crippen molar-refractivity contribution in [1.29, 1.82) is 0 Å². The lowest BCUT2D eigenvalue weighted by Gasteiger charge is -2.28. The van der Waals surface area contributed by atoms with E-state index in [1.807, 2.05) is 19.1 Å². The van der Waals surface area contributed by atoms with Crippen LogP contribution in [-0.4, -0.2) is 38.4 Å². The van der Waals surface area contributed by atoms with E-state index in [1.54, 1.807) is 16.3 Å². The number of nitrogens with one attached hydrogen (secondary N) is 2. The summed E-state index contributed by atoms with van der Waals surface area (Å²) in [6.45, 7) is 3.79. The van der Waals surface area contributed by atoms with Gasteiger partial charge in [0.2, 0.25) is 5.91 Å². The molecule has 0 spiro atoms. The molecule has 11 heteroatoms. The van der Waals surface area contributed by atoms with Gasteiger partial charge in [-0.05, 0) is 49.4 Å². The molecule has 0 unspecified atom stereocenters. The van der Waals surface area contributed by atoms with Crippen molar-refractivity contribution >= 4 is 49.7 Å². The number of hydrogen-bond donors (Lipinski definition) is 2. The van der Waals surface area contributed by atoms with Crippen molar-refractivity contribution in [2.24, 2.45) is 0 Å². The number of amides is 2. The van der Waals surface area contributed by atoms with E-state index in [1.165, 1.54) is 31.2 Å². The minimum Gasteiger partial charge on any atom is -0.482 e. The first-order chi connectivity index (χ1) is 15.3. The Kier molecular flexibility index (Phi) is 5.85. The maximum absolute atomic E-state index is 12.7. The zero-order valence-electron chi connectivity index (χ0n) is 17.3. The Morgan fingerprint density at radius 2 is 1.97 bits per heavy atom. The van der Waals surface area contributed by atoms with Crippen LogP contribution in [0.4, 0.5) is 16.5 Å². The van der Waals surface area contributed by atoms with Gasteiger partial charge in [-0.2, -0.15) is 0 Å². The van der Waals surface area contributed by atoms with Crippen molar-refractivity contribution < 1.29 is 22.7 Å². The number of rotatable bonds is 6. The summed E-state index contributed by atoms with van der Waals surface area (Å²) < 4.78 is 33.4. The Labute approximate surface area is 189 Å². The third-order valence-corrected chi connectivity index (χ3v) is 6.97. The lowest BCUT2D eigenvalue weighted by Crippen LogP contribution is -2.38. The lowest BCUT2D eigenvalue weighted by atomic mass is 10.1. The minimum absolute atomic E-state index is 0.00854. The first kappa shape index (κ1) is 21.8. The molecule has 0 saturated heterocycles. The van der Waals surface area contributed by atoms with Crippen LogP contribution < -0.4 is 19.7 Å². The molecule has 0 aliphatic carbocycles. The Balaban J connectivity index is 1.55. The monoisotopic (exact) mass is 472 g/mol. The second-order valence-corrected chi connectivity index (χ2v) is 9.50. The van der Waals surface area contributed by atoms with E-state index in [-0.39, 0.29) is 28.4 Å². The highest BCUT2D eigenvalue weighted by atomic mass is 32.2. The standard InChI is InChI=1S/C21H20N4O5S2/c1-3-25-18-10-14(4-9-19(18)30-11-20(25)27)17-12-31-21(23-17)24-32(28,29)16-7-5-15(6-8-16)22-13(2)26/h4-10,12H,3,11H2,1-2H3,(H,22,26)(H,23,24). The molecule has 4 rings (SSSR count). The van der Waals surface area contributed by atoms with Gasteiger partial charge in [0.15, 0.2) is 11.7 Å². The summed E-state index contributed by atoms with van der Waals surface area (Å²) in [5.41, 5.74) is 2.48. The summed E-state index contributed by atoms with van der Waals surface area (Å²) >= 11 is 1.15. The van der Waals surface area contributed by atoms with Crippen LogP contribution >= 0.6 is 11.3 Å². The molecule has 166 valence electrons. The molecule has 2 N–H and O–H groups in total. The lowest BCUT2D eigenvalue weighted by molar-refractivity contribution is -0.121. The number of carbonyl (C=O) groups is 2. The van der Waals surface area contributed by atoms with E-state index < -0.39 is 10.0 Å². The number of ether oxygens (including phenoxy) is 1. The molecule has 0 radical (unpaired) electrons. The van der Waals surface area contributed by atoms with E-state index in [2.05, 4.69) is 15.0 Å². The number of sulfonamides is 1. The molecule has 0 saturated carbocycles. The molecule has 0 fully saturated rings. The molecule has 9 nitrogen and oxygen atoms in total. The van der Waals surface area contributed by atoms with Gasteiger partial charge in [0.05, 0.1) is 16.3 Å². The van der Waals surface area contributed by atoms with Crippen molar-refractivity contribution in [3.63, 3.8) is 0 Å². The van der Waals surface area contributed by atoms with Gasteiger partial charge in [0.25, 0.3) is 15.9 Å². The van der Waals surface area contributed by atoms with Gasteiger partial charge in [-0.3, -0.25) is 14.3 Å². The first-order valence-electron chi connectivity index (χ1n) is 9.70. The normalized spacial score (nSPS) is 13.3. The van der Waals surface area contributed by atoms with E-state index >= 15 is 0 Å². The number of hydrogen-bond acceptors (Lipinski definition) is 7. The summed E-state index contributed by atoms with van der Waals surface area (Å²) in [4.78, 5) is 29.3. The topological polar surface area (TPSA) is 118 Å². The summed E-state index contributed by atoms with van der Waals surface area (Å²) in [5, 5.41) is 4.54. The second-order valence-electron chi connectivity index (χ2n) is 6.96. The number of anilines is 3. The van der Waals surface area contributed by atoms with Crippen LogP contribution in [0.25, 0.3) is 11.3 Å². The van der Waals surface area contributed by atoms with Crippen LogP contribution in [0.3, 0.4) is 0 Å². The Morgan fingerprint density at radius 3 is 2.66 bits per heavy atom. The molecule has 32 heavy (non-hydrogen) atoms.